The molecule has 2 heteroatoms. The van der Waals surface area contributed by atoms with Crippen molar-refractivity contribution in [1.29, 1.82) is 0 Å². The topological polar surface area (TPSA) is 3.24 Å². The molecule has 0 fully saturated rings. The molecule has 0 aliphatic carbocycles. The molecule has 0 spiro atoms. The molecule has 0 heterocycles. The van der Waals surface area contributed by atoms with Crippen molar-refractivity contribution in [2.75, 3.05) is 19.6 Å². The fourth-order valence-corrected chi connectivity index (χ4v) is 2.19. The Morgan fingerprint density at radius 1 is 0.952 bits per heavy atom. The van der Waals surface area contributed by atoms with Crippen molar-refractivity contribution >= 4 is 5.57 Å². The van der Waals surface area contributed by atoms with Gasteiger partial charge in [0.05, 0.1) is 0 Å². The Bertz CT molecular complexity index is 405. The molecule has 0 saturated carbocycles. The van der Waals surface area contributed by atoms with Gasteiger partial charge in [0, 0.05) is 23.6 Å². The second kappa shape index (κ2) is 12.6. The van der Waals surface area contributed by atoms with Gasteiger partial charge >= 0.3 is 0 Å². The Morgan fingerprint density at radius 3 is 1.76 bits per heavy atom. The molecule has 0 bridgehead atoms. The van der Waals surface area contributed by atoms with Crippen LogP contribution in [0, 0.1) is 0 Å². The maximum Gasteiger partial charge on any atom is 0.00644 e. The van der Waals surface area contributed by atoms with Crippen LogP contribution in [0.4, 0.5) is 0 Å². The SMILES string of the molecule is C=C(CN(CCC)CCC)[c-]1cccc1.[Fe].[cH-]1[cH-][cH-][cH-][cH-]1. The van der Waals surface area contributed by atoms with Crippen molar-refractivity contribution in [2.24, 2.45) is 0 Å². The maximum atomic E-state index is 4.16. The van der Waals surface area contributed by atoms with Crippen LogP contribution in [0.25, 0.3) is 5.57 Å². The summed E-state index contributed by atoms with van der Waals surface area (Å²) in [5.74, 6) is 0. The van der Waals surface area contributed by atoms with E-state index >= 15 is 0 Å². The minimum Gasteiger partial charge on any atom is -0.748 e. The first-order valence-electron chi connectivity index (χ1n) is 7.56. The Labute approximate surface area is 140 Å². The van der Waals surface area contributed by atoms with E-state index in [1.807, 2.05) is 30.3 Å². The smallest absolute Gasteiger partial charge is 0.00644 e. The van der Waals surface area contributed by atoms with Gasteiger partial charge in [-0.2, -0.15) is 18.7 Å². The van der Waals surface area contributed by atoms with Crippen molar-refractivity contribution in [2.45, 2.75) is 26.7 Å². The third-order valence-electron chi connectivity index (χ3n) is 3.12. The second-order valence-corrected chi connectivity index (χ2v) is 5.02. The Hall–Kier alpha value is -1.08. The molecule has 0 unspecified atom stereocenters. The molecule has 0 N–H and O–H groups in total. The van der Waals surface area contributed by atoms with Crippen LogP contribution in [0.5, 0.6) is 0 Å². The largest absolute Gasteiger partial charge is 0.748 e. The van der Waals surface area contributed by atoms with Crippen LogP contribution >= 0.6 is 0 Å². The van der Waals surface area contributed by atoms with Gasteiger partial charge < -0.3 is 35.2 Å². The van der Waals surface area contributed by atoms with Crippen LogP contribution < -0.4 is 0 Å². The van der Waals surface area contributed by atoms with Gasteiger partial charge in [-0.25, -0.2) is 0 Å². The van der Waals surface area contributed by atoms with E-state index in [2.05, 4.69) is 49.6 Å². The zero-order chi connectivity index (χ0) is 14.6. The number of rotatable bonds is 7. The Balaban J connectivity index is 0.000000562. The van der Waals surface area contributed by atoms with E-state index in [0.29, 0.717) is 0 Å². The summed E-state index contributed by atoms with van der Waals surface area (Å²) in [5, 5.41) is 0. The molecule has 2 aromatic carbocycles. The van der Waals surface area contributed by atoms with Gasteiger partial charge in [-0.15, -0.1) is 23.3 Å². The van der Waals surface area contributed by atoms with E-state index in [0.717, 1.165) is 6.54 Å². The first-order chi connectivity index (χ1) is 9.77. The summed E-state index contributed by atoms with van der Waals surface area (Å²) in [5.41, 5.74) is 2.52. The van der Waals surface area contributed by atoms with Crippen molar-refractivity contribution in [3.8, 4) is 0 Å². The molecule has 0 radical (unpaired) electrons. The summed E-state index contributed by atoms with van der Waals surface area (Å²) in [6, 6.07) is 18.4. The van der Waals surface area contributed by atoms with Gasteiger partial charge in [0.2, 0.25) is 0 Å². The van der Waals surface area contributed by atoms with Crippen molar-refractivity contribution in [3.63, 3.8) is 0 Å². The number of nitrogens with zero attached hydrogens (tertiary/aromatic N) is 1. The first kappa shape index (κ1) is 19.9. The predicted octanol–water partition coefficient (Wildman–Crippen LogP) is 4.94. The number of hydrogen-bond acceptors (Lipinski definition) is 1. The van der Waals surface area contributed by atoms with E-state index in [-0.39, 0.29) is 17.1 Å². The van der Waals surface area contributed by atoms with E-state index in [1.165, 1.54) is 37.1 Å². The van der Waals surface area contributed by atoms with Crippen LogP contribution in [0.1, 0.15) is 32.3 Å². The molecule has 0 aliphatic rings. The van der Waals surface area contributed by atoms with Gasteiger partial charge in [-0.1, -0.05) is 13.8 Å². The molecule has 0 atom stereocenters. The van der Waals surface area contributed by atoms with Crippen LogP contribution in [0.3, 0.4) is 0 Å². The third-order valence-corrected chi connectivity index (χ3v) is 3.12. The van der Waals surface area contributed by atoms with E-state index in [9.17, 15) is 0 Å². The van der Waals surface area contributed by atoms with Gasteiger partial charge in [-0.05, 0) is 25.9 Å². The second-order valence-electron chi connectivity index (χ2n) is 5.02. The minimum atomic E-state index is 0. The molecular weight excluding hydrogens is 298 g/mol. The summed E-state index contributed by atoms with van der Waals surface area (Å²) >= 11 is 0. The minimum absolute atomic E-state index is 0. The quantitative estimate of drug-likeness (QED) is 0.515. The normalized spacial score (nSPS) is 9.67. The molecule has 2 rings (SSSR count). The van der Waals surface area contributed by atoms with E-state index in [4.69, 9.17) is 0 Å². The maximum absolute atomic E-state index is 4.16. The van der Waals surface area contributed by atoms with E-state index < -0.39 is 0 Å². The fraction of sp³-hybridized carbons (Fsp3) is 0.368. The molecule has 122 valence electrons. The van der Waals surface area contributed by atoms with Crippen molar-refractivity contribution in [3.05, 3.63) is 66.7 Å². The zero-order valence-electron chi connectivity index (χ0n) is 13.2. The molecule has 21 heavy (non-hydrogen) atoms. The van der Waals surface area contributed by atoms with Crippen molar-refractivity contribution in [1.82, 2.24) is 4.90 Å². The standard InChI is InChI=1S/C14H22N.C5H5.Fe/c1-4-10-15(11-5-2)12-13(3)14-8-6-7-9-14;1-2-4-5-3-1;/h6-9H,3-5,10-12H2,1-2H3;1-5H;/q-1;-5;. The molecule has 1 nitrogen and oxygen atoms in total. The summed E-state index contributed by atoms with van der Waals surface area (Å²) in [4.78, 5) is 2.48. The fourth-order valence-electron chi connectivity index (χ4n) is 2.19. The van der Waals surface area contributed by atoms with Gasteiger partial charge in [-0.3, -0.25) is 0 Å². The molecule has 2 aromatic rings. The van der Waals surface area contributed by atoms with Crippen LogP contribution in [-0.2, 0) is 17.1 Å². The van der Waals surface area contributed by atoms with E-state index in [1.54, 1.807) is 0 Å². The average Bonchev–Trinajstić information content (AvgIpc) is 3.15. The third kappa shape index (κ3) is 8.72. The van der Waals surface area contributed by atoms with Gasteiger partial charge in [0.15, 0.2) is 0 Å². The summed E-state index contributed by atoms with van der Waals surface area (Å²) in [7, 11) is 0. The first-order valence-corrected chi connectivity index (χ1v) is 7.56. The summed E-state index contributed by atoms with van der Waals surface area (Å²) < 4.78 is 0. The molecular formula is C19H27FeN-6. The predicted molar refractivity (Wildman–Crippen MR) is 90.1 cm³/mol. The molecule has 0 aliphatic heterocycles. The Morgan fingerprint density at radius 2 is 1.38 bits per heavy atom. The van der Waals surface area contributed by atoms with Gasteiger partial charge in [0.25, 0.3) is 0 Å². The zero-order valence-corrected chi connectivity index (χ0v) is 14.3. The monoisotopic (exact) mass is 325 g/mol. The average molecular weight is 325 g/mol. The van der Waals surface area contributed by atoms with Crippen LogP contribution in [0.2, 0.25) is 0 Å². The Kier molecular flexibility index (Phi) is 12.0. The van der Waals surface area contributed by atoms with Crippen molar-refractivity contribution < 1.29 is 17.1 Å². The molecule has 0 amide bonds. The molecule has 0 saturated heterocycles. The number of hydrogen-bond donors (Lipinski definition) is 0. The molecule has 0 aromatic heterocycles. The summed E-state index contributed by atoms with van der Waals surface area (Å²) in [6.45, 7) is 12.0. The van der Waals surface area contributed by atoms with Gasteiger partial charge in [0.1, 0.15) is 0 Å². The van der Waals surface area contributed by atoms with Crippen LogP contribution in [-0.4, -0.2) is 24.5 Å². The summed E-state index contributed by atoms with van der Waals surface area (Å²) in [6.07, 6.45) is 2.43. The van der Waals surface area contributed by atoms with Crippen LogP contribution in [0.15, 0.2) is 61.2 Å².